The van der Waals surface area contributed by atoms with Crippen LogP contribution in [0.1, 0.15) is 64.7 Å². The summed E-state index contributed by atoms with van der Waals surface area (Å²) in [5, 5.41) is 9.54. The molecule has 0 bridgehead atoms. The zero-order valence-electron chi connectivity index (χ0n) is 11.0. The Balaban J connectivity index is 1.86. The molecule has 1 saturated heterocycles. The molecule has 0 unspecified atom stereocenters. The van der Waals surface area contributed by atoms with E-state index in [2.05, 4.69) is 11.8 Å². The molecule has 0 aromatic heterocycles. The van der Waals surface area contributed by atoms with Crippen LogP contribution in [-0.4, -0.2) is 35.7 Å². The van der Waals surface area contributed by atoms with Crippen molar-refractivity contribution in [2.75, 3.05) is 19.6 Å². The highest BCUT2D eigenvalue weighted by Gasteiger charge is 2.16. The normalized spacial score (nSPS) is 22.5. The van der Waals surface area contributed by atoms with Gasteiger partial charge < -0.3 is 10.0 Å². The Morgan fingerprint density at radius 1 is 1.06 bits per heavy atom. The molecule has 1 fully saturated rings. The summed E-state index contributed by atoms with van der Waals surface area (Å²) in [4.78, 5) is 2.43. The van der Waals surface area contributed by atoms with Crippen molar-refractivity contribution >= 4 is 0 Å². The molecular weight excluding hydrogens is 198 g/mol. The van der Waals surface area contributed by atoms with E-state index >= 15 is 0 Å². The van der Waals surface area contributed by atoms with E-state index in [9.17, 15) is 5.11 Å². The third kappa shape index (κ3) is 6.49. The van der Waals surface area contributed by atoms with Crippen molar-refractivity contribution < 1.29 is 5.11 Å². The zero-order valence-corrected chi connectivity index (χ0v) is 11.0. The van der Waals surface area contributed by atoms with E-state index in [1.165, 1.54) is 64.5 Å². The van der Waals surface area contributed by atoms with Gasteiger partial charge in [0.1, 0.15) is 0 Å². The first-order valence-electron chi connectivity index (χ1n) is 7.23. The fourth-order valence-corrected chi connectivity index (χ4v) is 2.53. The Morgan fingerprint density at radius 3 is 2.44 bits per heavy atom. The monoisotopic (exact) mass is 227 g/mol. The molecule has 1 aliphatic rings. The third-order valence-corrected chi connectivity index (χ3v) is 3.56. The van der Waals surface area contributed by atoms with Gasteiger partial charge in [-0.1, -0.05) is 45.4 Å². The van der Waals surface area contributed by atoms with Crippen molar-refractivity contribution in [1.82, 2.24) is 4.90 Å². The van der Waals surface area contributed by atoms with E-state index in [0.29, 0.717) is 0 Å². The number of nitrogens with zero attached hydrogens (tertiary/aromatic N) is 1. The second-order valence-corrected chi connectivity index (χ2v) is 5.22. The second kappa shape index (κ2) is 9.00. The summed E-state index contributed by atoms with van der Waals surface area (Å²) in [6.07, 6.45) is 11.8. The Kier molecular flexibility index (Phi) is 7.87. The Morgan fingerprint density at radius 2 is 1.75 bits per heavy atom. The predicted octanol–water partition coefficient (Wildman–Crippen LogP) is 3.19. The van der Waals surface area contributed by atoms with Crippen LogP contribution < -0.4 is 0 Å². The van der Waals surface area contributed by atoms with Crippen molar-refractivity contribution in [3.05, 3.63) is 0 Å². The molecule has 2 heteroatoms. The van der Waals surface area contributed by atoms with Gasteiger partial charge >= 0.3 is 0 Å². The molecule has 1 N–H and O–H groups in total. The molecule has 0 aliphatic carbocycles. The van der Waals surface area contributed by atoms with Crippen molar-refractivity contribution in [2.45, 2.75) is 70.8 Å². The van der Waals surface area contributed by atoms with Gasteiger partial charge in [-0.05, 0) is 32.4 Å². The van der Waals surface area contributed by atoms with Crippen molar-refractivity contribution in [3.8, 4) is 0 Å². The van der Waals surface area contributed by atoms with Crippen LogP contribution in [0.15, 0.2) is 0 Å². The number of unbranched alkanes of at least 4 members (excludes halogenated alkanes) is 6. The Hall–Kier alpha value is -0.0800. The smallest absolute Gasteiger partial charge is 0.0667 e. The molecular formula is C14H29NO. The SMILES string of the molecule is CCCCCCCCCN1CCC[C@H](O)C1. The number of likely N-dealkylation sites (tertiary alicyclic amines) is 1. The highest BCUT2D eigenvalue weighted by atomic mass is 16.3. The molecule has 1 atom stereocenters. The van der Waals surface area contributed by atoms with Crippen LogP contribution in [0.4, 0.5) is 0 Å². The Labute approximate surface area is 101 Å². The van der Waals surface area contributed by atoms with Crippen LogP contribution in [0.25, 0.3) is 0 Å². The van der Waals surface area contributed by atoms with Gasteiger partial charge in [-0.25, -0.2) is 0 Å². The fourth-order valence-electron chi connectivity index (χ4n) is 2.53. The van der Waals surface area contributed by atoms with Crippen LogP contribution in [0.3, 0.4) is 0 Å². The highest BCUT2D eigenvalue weighted by molar-refractivity contribution is 4.71. The minimum Gasteiger partial charge on any atom is -0.392 e. The molecule has 1 aliphatic heterocycles. The summed E-state index contributed by atoms with van der Waals surface area (Å²) in [6, 6.07) is 0. The minimum atomic E-state index is -0.0571. The average molecular weight is 227 g/mol. The van der Waals surface area contributed by atoms with Gasteiger partial charge in [0.25, 0.3) is 0 Å². The quantitative estimate of drug-likeness (QED) is 0.644. The fraction of sp³-hybridized carbons (Fsp3) is 1.00. The van der Waals surface area contributed by atoms with Crippen LogP contribution >= 0.6 is 0 Å². The van der Waals surface area contributed by atoms with E-state index in [0.717, 1.165) is 13.0 Å². The number of rotatable bonds is 8. The minimum absolute atomic E-state index is 0.0571. The molecule has 1 heterocycles. The molecule has 2 nitrogen and oxygen atoms in total. The second-order valence-electron chi connectivity index (χ2n) is 5.22. The van der Waals surface area contributed by atoms with Gasteiger partial charge in [-0.15, -0.1) is 0 Å². The van der Waals surface area contributed by atoms with Gasteiger partial charge in [0.05, 0.1) is 6.10 Å². The first-order valence-corrected chi connectivity index (χ1v) is 7.23. The molecule has 1 rings (SSSR count). The van der Waals surface area contributed by atoms with Gasteiger partial charge in [-0.2, -0.15) is 0 Å². The van der Waals surface area contributed by atoms with E-state index in [1.807, 2.05) is 0 Å². The zero-order chi connectivity index (χ0) is 11.6. The first-order chi connectivity index (χ1) is 7.83. The lowest BCUT2D eigenvalue weighted by atomic mass is 10.1. The maximum atomic E-state index is 9.54. The maximum Gasteiger partial charge on any atom is 0.0667 e. The predicted molar refractivity (Wildman–Crippen MR) is 69.7 cm³/mol. The van der Waals surface area contributed by atoms with Crippen LogP contribution in [0.2, 0.25) is 0 Å². The molecule has 0 radical (unpaired) electrons. The highest BCUT2D eigenvalue weighted by Crippen LogP contribution is 2.12. The van der Waals surface area contributed by atoms with E-state index in [1.54, 1.807) is 0 Å². The Bertz CT molecular complexity index is 161. The maximum absolute atomic E-state index is 9.54. The van der Waals surface area contributed by atoms with E-state index in [4.69, 9.17) is 0 Å². The van der Waals surface area contributed by atoms with E-state index < -0.39 is 0 Å². The average Bonchev–Trinajstić information content (AvgIpc) is 2.28. The summed E-state index contributed by atoms with van der Waals surface area (Å²) in [7, 11) is 0. The summed E-state index contributed by atoms with van der Waals surface area (Å²) in [6.45, 7) is 5.58. The molecule has 0 amide bonds. The van der Waals surface area contributed by atoms with Crippen molar-refractivity contribution in [3.63, 3.8) is 0 Å². The van der Waals surface area contributed by atoms with Crippen LogP contribution in [0.5, 0.6) is 0 Å². The summed E-state index contributed by atoms with van der Waals surface area (Å²) >= 11 is 0. The number of aliphatic hydroxyl groups excluding tert-OH is 1. The van der Waals surface area contributed by atoms with Gasteiger partial charge in [0, 0.05) is 6.54 Å². The number of piperidine rings is 1. The third-order valence-electron chi connectivity index (χ3n) is 3.56. The topological polar surface area (TPSA) is 23.5 Å². The summed E-state index contributed by atoms with van der Waals surface area (Å²) in [5.41, 5.74) is 0. The summed E-state index contributed by atoms with van der Waals surface area (Å²) in [5.74, 6) is 0. The van der Waals surface area contributed by atoms with Crippen molar-refractivity contribution in [1.29, 1.82) is 0 Å². The van der Waals surface area contributed by atoms with Gasteiger partial charge in [0.15, 0.2) is 0 Å². The molecule has 0 spiro atoms. The van der Waals surface area contributed by atoms with E-state index in [-0.39, 0.29) is 6.10 Å². The summed E-state index contributed by atoms with van der Waals surface area (Å²) < 4.78 is 0. The number of aliphatic hydroxyl groups is 1. The lowest BCUT2D eigenvalue weighted by molar-refractivity contribution is 0.0698. The molecule has 0 saturated carbocycles. The standard InChI is InChI=1S/C14H29NO/c1-2-3-4-5-6-7-8-11-15-12-9-10-14(16)13-15/h14,16H,2-13H2,1H3/t14-/m0/s1. The molecule has 0 aromatic rings. The van der Waals surface area contributed by atoms with Crippen molar-refractivity contribution in [2.24, 2.45) is 0 Å². The van der Waals surface area contributed by atoms with Gasteiger partial charge in [-0.3, -0.25) is 0 Å². The molecule has 96 valence electrons. The molecule has 16 heavy (non-hydrogen) atoms. The number of hydrogen-bond donors (Lipinski definition) is 1. The van der Waals surface area contributed by atoms with Crippen LogP contribution in [0, 0.1) is 0 Å². The lowest BCUT2D eigenvalue weighted by Crippen LogP contribution is -2.38. The largest absolute Gasteiger partial charge is 0.392 e. The number of hydrogen-bond acceptors (Lipinski definition) is 2. The lowest BCUT2D eigenvalue weighted by Gasteiger charge is -2.29. The first kappa shape index (κ1) is 14.0. The van der Waals surface area contributed by atoms with Gasteiger partial charge in [0.2, 0.25) is 0 Å². The number of β-amino-alcohol motifs (C(OH)–C–C–N with tert-alkyl or cyclic N) is 1. The molecule has 0 aromatic carbocycles. The van der Waals surface area contributed by atoms with Crippen LogP contribution in [-0.2, 0) is 0 Å².